The van der Waals surface area contributed by atoms with Gasteiger partial charge in [0, 0.05) is 25.1 Å². The summed E-state index contributed by atoms with van der Waals surface area (Å²) in [7, 11) is -2.64. The van der Waals surface area contributed by atoms with Crippen LogP contribution in [0.25, 0.3) is 11.1 Å². The number of sulfone groups is 1. The summed E-state index contributed by atoms with van der Waals surface area (Å²) in [6, 6.07) is 6.96. The zero-order valence-electron chi connectivity index (χ0n) is 19.7. The molecule has 194 valence electrons. The summed E-state index contributed by atoms with van der Waals surface area (Å²) in [5, 5.41) is 17.8. The lowest BCUT2D eigenvalue weighted by molar-refractivity contribution is -0.139. The summed E-state index contributed by atoms with van der Waals surface area (Å²) in [4.78, 5) is 13.3. The van der Waals surface area contributed by atoms with Gasteiger partial charge in [0.2, 0.25) is 0 Å². The van der Waals surface area contributed by atoms with Crippen LogP contribution < -0.4 is 5.32 Å². The molecule has 2 atom stereocenters. The molecule has 1 aromatic carbocycles. The van der Waals surface area contributed by atoms with E-state index in [0.29, 0.717) is 31.2 Å². The lowest BCUT2D eigenvalue weighted by atomic mass is 10.0. The van der Waals surface area contributed by atoms with E-state index in [1.54, 1.807) is 19.2 Å². The van der Waals surface area contributed by atoms with Crippen LogP contribution in [0.3, 0.4) is 0 Å². The fourth-order valence-corrected chi connectivity index (χ4v) is 6.08. The number of nitriles is 1. The largest absolute Gasteiger partial charge is 0.465 e. The molecule has 2 N–H and O–H groups in total. The predicted molar refractivity (Wildman–Crippen MR) is 124 cm³/mol. The summed E-state index contributed by atoms with van der Waals surface area (Å²) in [6.45, 7) is 1.78. The number of ether oxygens (including phenoxy) is 1. The van der Waals surface area contributed by atoms with Crippen LogP contribution >= 0.6 is 0 Å². The van der Waals surface area contributed by atoms with E-state index in [1.165, 1.54) is 19.4 Å². The van der Waals surface area contributed by atoms with Crippen LogP contribution in [0.15, 0.2) is 41.6 Å². The van der Waals surface area contributed by atoms with E-state index >= 15 is 0 Å². The Morgan fingerprint density at radius 1 is 1.22 bits per heavy atom. The minimum absolute atomic E-state index is 0.208. The van der Waals surface area contributed by atoms with Crippen LogP contribution in [0.4, 0.5) is 18.0 Å². The normalized spacial score (nSPS) is 20.6. The number of carbonyl (C=O) groups is 1. The molecule has 36 heavy (non-hydrogen) atoms. The summed E-state index contributed by atoms with van der Waals surface area (Å²) in [6.07, 6.45) is -0.766. The first-order valence-corrected chi connectivity index (χ1v) is 12.7. The van der Waals surface area contributed by atoms with Gasteiger partial charge in [-0.25, -0.2) is 13.2 Å². The van der Waals surface area contributed by atoms with Gasteiger partial charge in [-0.3, -0.25) is 4.98 Å². The molecular formula is C24H26F3N3O5S. The molecule has 0 spiro atoms. The molecule has 0 unspecified atom stereocenters. The number of hydrogen-bond acceptors (Lipinski definition) is 6. The molecule has 2 saturated carbocycles. The number of nitrogens with zero attached hydrogens (tertiary/aromatic N) is 2. The van der Waals surface area contributed by atoms with E-state index < -0.39 is 43.4 Å². The average molecular weight is 526 g/mol. The Bertz CT molecular complexity index is 1270. The van der Waals surface area contributed by atoms with Gasteiger partial charge < -0.3 is 15.2 Å². The highest BCUT2D eigenvalue weighted by Crippen LogP contribution is 2.40. The number of methoxy groups -OCH3 is 1. The molecule has 0 aliphatic heterocycles. The maximum absolute atomic E-state index is 13.7. The van der Waals surface area contributed by atoms with Crippen molar-refractivity contribution in [2.75, 3.05) is 7.11 Å². The molecule has 4 rings (SSSR count). The molecule has 8 nitrogen and oxygen atoms in total. The van der Waals surface area contributed by atoms with E-state index in [9.17, 15) is 26.4 Å². The van der Waals surface area contributed by atoms with Crippen molar-refractivity contribution in [3.05, 3.63) is 47.8 Å². The molecule has 0 saturated heterocycles. The van der Waals surface area contributed by atoms with Gasteiger partial charge in [0.05, 0.1) is 27.9 Å². The minimum atomic E-state index is -4.78. The van der Waals surface area contributed by atoms with Crippen LogP contribution in [0.5, 0.6) is 0 Å². The van der Waals surface area contributed by atoms with E-state index in [2.05, 4.69) is 10.3 Å². The molecule has 0 radical (unpaired) electrons. The molecule has 12 heteroatoms. The van der Waals surface area contributed by atoms with Gasteiger partial charge in [-0.1, -0.05) is 6.07 Å². The zero-order chi connectivity index (χ0) is 26.7. The Morgan fingerprint density at radius 2 is 1.92 bits per heavy atom. The van der Waals surface area contributed by atoms with Gasteiger partial charge >= 0.3 is 12.3 Å². The van der Waals surface area contributed by atoms with Crippen LogP contribution in [0, 0.1) is 18.3 Å². The van der Waals surface area contributed by atoms with Crippen molar-refractivity contribution in [3.63, 3.8) is 0 Å². The Labute approximate surface area is 207 Å². The lowest BCUT2D eigenvalue weighted by Gasteiger charge is -2.18. The van der Waals surface area contributed by atoms with Gasteiger partial charge in [0.25, 0.3) is 0 Å². The van der Waals surface area contributed by atoms with Crippen molar-refractivity contribution in [2.24, 2.45) is 0 Å². The second-order valence-corrected chi connectivity index (χ2v) is 11.1. The topological polar surface area (TPSA) is 129 Å². The molecule has 2 aliphatic rings. The minimum Gasteiger partial charge on any atom is -0.465 e. The van der Waals surface area contributed by atoms with E-state index in [-0.39, 0.29) is 18.1 Å². The quantitative estimate of drug-likeness (QED) is 0.577. The van der Waals surface area contributed by atoms with Gasteiger partial charge in [-0.2, -0.15) is 18.4 Å². The van der Waals surface area contributed by atoms with Gasteiger partial charge in [-0.15, -0.1) is 0 Å². The van der Waals surface area contributed by atoms with Crippen molar-refractivity contribution in [1.29, 1.82) is 5.26 Å². The van der Waals surface area contributed by atoms with E-state index in [1.807, 2.05) is 6.07 Å². The number of amides is 1. The molecule has 2 aromatic rings. The number of benzene rings is 1. The third-order valence-electron chi connectivity index (χ3n) is 6.22. The van der Waals surface area contributed by atoms with E-state index in [4.69, 9.17) is 15.1 Å². The van der Waals surface area contributed by atoms with Crippen LogP contribution in [-0.2, 0) is 20.8 Å². The van der Waals surface area contributed by atoms with Crippen molar-refractivity contribution in [2.45, 2.75) is 67.0 Å². The molecular weight excluding hydrogens is 499 g/mol. The van der Waals surface area contributed by atoms with Crippen molar-refractivity contribution >= 4 is 15.9 Å². The van der Waals surface area contributed by atoms with Gasteiger partial charge in [0.1, 0.15) is 5.54 Å². The fourth-order valence-electron chi connectivity index (χ4n) is 4.06. The number of rotatable bonds is 5. The summed E-state index contributed by atoms with van der Waals surface area (Å²) in [5.41, 5.74) is -0.286. The first-order chi connectivity index (χ1) is 16.8. The second-order valence-electron chi connectivity index (χ2n) is 8.92. The Morgan fingerprint density at radius 3 is 2.39 bits per heavy atom. The standard InChI is InChI=1S/C19H20F3NO3S.C5H6N2O2/c1-12-7-14(11-23-10-12)13-3-6-18(17(8-13)19(20,21)22)27(24,25)16-5-4-15(9-16)26-2;6-3-5(1-2-5)7-4(8)9/h3,6-8,10-11,15-16H,4-5,9H2,1-2H3;7H,1-2H2,(H,8,9)/t15-,16-;/m1./s1. The summed E-state index contributed by atoms with van der Waals surface area (Å²) >= 11 is 0. The molecule has 1 heterocycles. The molecule has 1 amide bonds. The predicted octanol–water partition coefficient (Wildman–Crippen LogP) is 4.73. The number of aromatic nitrogens is 1. The number of carboxylic acid groups (broad SMARTS) is 1. The second kappa shape index (κ2) is 10.4. The third kappa shape index (κ3) is 6.33. The Hall–Kier alpha value is -3.17. The highest BCUT2D eigenvalue weighted by atomic mass is 32.2. The third-order valence-corrected chi connectivity index (χ3v) is 8.49. The molecule has 2 fully saturated rings. The maximum Gasteiger partial charge on any atom is 0.417 e. The number of nitrogens with one attached hydrogen (secondary N) is 1. The number of alkyl halides is 3. The molecule has 0 bridgehead atoms. The highest BCUT2D eigenvalue weighted by Gasteiger charge is 2.45. The van der Waals surface area contributed by atoms with Gasteiger partial charge in [-0.05, 0) is 68.4 Å². The first kappa shape index (κ1) is 27.4. The number of pyridine rings is 1. The zero-order valence-corrected chi connectivity index (χ0v) is 20.5. The summed E-state index contributed by atoms with van der Waals surface area (Å²) < 4.78 is 72.0. The van der Waals surface area contributed by atoms with Crippen molar-refractivity contribution < 1.29 is 36.2 Å². The monoisotopic (exact) mass is 525 g/mol. The number of aryl methyl sites for hydroxylation is 1. The number of halogens is 3. The molecule has 1 aromatic heterocycles. The Kier molecular flexibility index (Phi) is 7.95. The average Bonchev–Trinajstić information content (AvgIpc) is 3.40. The molecule has 2 aliphatic carbocycles. The SMILES string of the molecule is CO[C@@H]1CC[C@@H](S(=O)(=O)c2ccc(-c3cncc(C)c3)cc2C(F)(F)F)C1.N#CC1(NC(=O)O)CC1. The fraction of sp³-hybridized carbons (Fsp3) is 0.458. The van der Waals surface area contributed by atoms with Crippen LogP contribution in [0.2, 0.25) is 0 Å². The maximum atomic E-state index is 13.7. The van der Waals surface area contributed by atoms with Crippen LogP contribution in [-0.4, -0.2) is 48.6 Å². The van der Waals surface area contributed by atoms with Crippen molar-refractivity contribution in [1.82, 2.24) is 10.3 Å². The smallest absolute Gasteiger partial charge is 0.417 e. The Balaban J connectivity index is 0.000000338. The van der Waals surface area contributed by atoms with Crippen LogP contribution in [0.1, 0.15) is 43.2 Å². The summed E-state index contributed by atoms with van der Waals surface area (Å²) in [5.74, 6) is 0. The first-order valence-electron chi connectivity index (χ1n) is 11.1. The van der Waals surface area contributed by atoms with Gasteiger partial charge in [0.15, 0.2) is 9.84 Å². The van der Waals surface area contributed by atoms with E-state index in [0.717, 1.165) is 17.7 Å². The number of hydrogen-bond donors (Lipinski definition) is 2. The highest BCUT2D eigenvalue weighted by molar-refractivity contribution is 7.92. The van der Waals surface area contributed by atoms with Crippen molar-refractivity contribution in [3.8, 4) is 17.2 Å². The lowest BCUT2D eigenvalue weighted by Crippen LogP contribution is -2.33.